The molecule has 4 amide bonds. The molecule has 0 spiro atoms. The van der Waals surface area contributed by atoms with Crippen molar-refractivity contribution in [2.24, 2.45) is 5.92 Å². The van der Waals surface area contributed by atoms with Gasteiger partial charge in [0.2, 0.25) is 11.8 Å². The Bertz CT molecular complexity index is 1640. The zero-order valence-electron chi connectivity index (χ0n) is 21.0. The fraction of sp³-hybridized carbons (Fsp3) is 0.280. The molecule has 1 saturated heterocycles. The highest BCUT2D eigenvalue weighted by Gasteiger charge is 2.46. The molecule has 1 aliphatic carbocycles. The predicted octanol–water partition coefficient (Wildman–Crippen LogP) is 2.63. The second-order valence-electron chi connectivity index (χ2n) is 9.46. The van der Waals surface area contributed by atoms with Crippen LogP contribution in [0.3, 0.4) is 0 Å². The van der Waals surface area contributed by atoms with Crippen LogP contribution in [-0.4, -0.2) is 65.7 Å². The Morgan fingerprint density at radius 1 is 1.13 bits per heavy atom. The minimum atomic E-state index is -0.439. The lowest BCUT2D eigenvalue weighted by molar-refractivity contribution is -0.124. The summed E-state index contributed by atoms with van der Waals surface area (Å²) in [5.41, 5.74) is 2.44. The Morgan fingerprint density at radius 3 is 2.72 bits per heavy atom. The molecule has 2 aliphatic rings. The van der Waals surface area contributed by atoms with Gasteiger partial charge >= 0.3 is 6.03 Å². The van der Waals surface area contributed by atoms with Gasteiger partial charge in [-0.05, 0) is 25.5 Å². The molecule has 6 rings (SSSR count). The summed E-state index contributed by atoms with van der Waals surface area (Å²) in [6, 6.07) is 4.64. The van der Waals surface area contributed by atoms with Gasteiger partial charge in [0.25, 0.3) is 0 Å². The van der Waals surface area contributed by atoms with Crippen molar-refractivity contribution in [1.82, 2.24) is 34.2 Å². The van der Waals surface area contributed by atoms with E-state index in [0.29, 0.717) is 52.5 Å². The third kappa shape index (κ3) is 4.83. The zero-order valence-corrected chi connectivity index (χ0v) is 21.8. The molecule has 5 heterocycles. The molecule has 4 aromatic heterocycles. The first-order chi connectivity index (χ1) is 18.8. The van der Waals surface area contributed by atoms with Crippen LogP contribution in [0.25, 0.3) is 5.65 Å². The van der Waals surface area contributed by atoms with E-state index in [9.17, 15) is 14.4 Å². The molecule has 1 saturated carbocycles. The van der Waals surface area contributed by atoms with Crippen LogP contribution in [0, 0.1) is 12.8 Å². The highest BCUT2D eigenvalue weighted by Crippen LogP contribution is 2.46. The number of anilines is 3. The van der Waals surface area contributed by atoms with E-state index in [4.69, 9.17) is 11.6 Å². The molecule has 2 atom stereocenters. The summed E-state index contributed by atoms with van der Waals surface area (Å²) in [5.74, 6) is 0.913. The molecular weight excluding hydrogens is 524 g/mol. The number of pyridine rings is 1. The summed E-state index contributed by atoms with van der Waals surface area (Å²) in [5, 5.41) is 6.41. The number of carbonyl (C=O) groups is 3. The van der Waals surface area contributed by atoms with E-state index in [1.165, 1.54) is 18.3 Å². The zero-order chi connectivity index (χ0) is 27.3. The maximum atomic E-state index is 12.7. The van der Waals surface area contributed by atoms with E-state index < -0.39 is 6.03 Å². The van der Waals surface area contributed by atoms with Crippen molar-refractivity contribution < 1.29 is 14.4 Å². The van der Waals surface area contributed by atoms with Gasteiger partial charge in [-0.3, -0.25) is 19.4 Å². The number of hydrogen-bond donors (Lipinski definition) is 2. The number of imidazole rings is 1. The van der Waals surface area contributed by atoms with E-state index in [1.807, 2.05) is 13.0 Å². The van der Waals surface area contributed by atoms with Gasteiger partial charge in [-0.25, -0.2) is 29.7 Å². The van der Waals surface area contributed by atoms with Crippen molar-refractivity contribution in [2.75, 3.05) is 29.1 Å². The third-order valence-electron chi connectivity index (χ3n) is 6.67. The number of aromatic nitrogens is 6. The smallest absolute Gasteiger partial charge is 0.331 e. The van der Waals surface area contributed by atoms with Gasteiger partial charge in [0.1, 0.15) is 30.3 Å². The van der Waals surface area contributed by atoms with Gasteiger partial charge in [-0.15, -0.1) is 0 Å². The van der Waals surface area contributed by atoms with Gasteiger partial charge in [0.05, 0.1) is 22.9 Å². The normalized spacial score (nSPS) is 18.6. The van der Waals surface area contributed by atoms with Crippen molar-refractivity contribution >= 4 is 52.4 Å². The monoisotopic (exact) mass is 546 g/mol. The minimum Gasteiger partial charge on any atom is -0.364 e. The van der Waals surface area contributed by atoms with Crippen LogP contribution >= 0.6 is 11.6 Å². The molecule has 0 bridgehead atoms. The van der Waals surface area contributed by atoms with Crippen LogP contribution in [-0.2, 0) is 16.1 Å². The molecule has 39 heavy (non-hydrogen) atoms. The quantitative estimate of drug-likeness (QED) is 0.333. The van der Waals surface area contributed by atoms with Crippen LogP contribution in [0.15, 0.2) is 43.1 Å². The molecule has 1 aliphatic heterocycles. The number of carbonyl (C=O) groups excluding carboxylic acids is 3. The first kappa shape index (κ1) is 24.7. The number of urea groups is 1. The second-order valence-corrected chi connectivity index (χ2v) is 9.90. The molecule has 198 valence electrons. The molecule has 2 fully saturated rings. The number of rotatable bonds is 7. The topological polar surface area (TPSA) is 151 Å². The van der Waals surface area contributed by atoms with E-state index in [-0.39, 0.29) is 30.2 Å². The third-order valence-corrected chi connectivity index (χ3v) is 6.87. The molecule has 2 N–H and O–H groups in total. The van der Waals surface area contributed by atoms with Gasteiger partial charge in [0.15, 0.2) is 5.65 Å². The maximum Gasteiger partial charge on any atom is 0.331 e. The van der Waals surface area contributed by atoms with Crippen molar-refractivity contribution in [2.45, 2.75) is 25.8 Å². The molecular formula is C25H23ClN10O3. The number of fused-ring (bicyclic) bond motifs is 1. The number of likely N-dealkylation sites (N-methyl/N-ethyl adjacent to an activating group) is 1. The standard InChI is InChI=1S/C25H23ClN10O3/c1-13-3-4-27-22(31-13)16-6-17(16)24(38)33-20-7-19(29-12-30-20)28-8-15-10-35-9-14(26)5-18(23(35)32-15)36-11-21(37)34(2)25(36)39/h3-5,7,9-10,12,16-17H,6,8,11H2,1-2H3,(H2,28,29,30,33,38). The SMILES string of the molecule is Cc1ccnc(C2CC2C(=O)Nc2cc(NCc3cn4cc(Cl)cc(N5CC(=O)N(C)C5=O)c4n3)ncn2)n1. The Balaban J connectivity index is 1.13. The summed E-state index contributed by atoms with van der Waals surface area (Å²) in [6.07, 6.45) is 7.21. The van der Waals surface area contributed by atoms with Crippen LogP contribution in [0.2, 0.25) is 5.02 Å². The first-order valence-electron chi connectivity index (χ1n) is 12.2. The molecule has 14 heteroatoms. The number of nitrogens with one attached hydrogen (secondary N) is 2. The Morgan fingerprint density at radius 2 is 1.95 bits per heavy atom. The fourth-order valence-electron chi connectivity index (χ4n) is 4.51. The largest absolute Gasteiger partial charge is 0.364 e. The number of aryl methyl sites for hydroxylation is 1. The highest BCUT2D eigenvalue weighted by atomic mass is 35.5. The van der Waals surface area contributed by atoms with E-state index in [2.05, 4.69) is 35.6 Å². The average molecular weight is 547 g/mol. The minimum absolute atomic E-state index is 0.00662. The summed E-state index contributed by atoms with van der Waals surface area (Å²) >= 11 is 6.28. The van der Waals surface area contributed by atoms with Crippen molar-refractivity contribution in [3.8, 4) is 0 Å². The van der Waals surface area contributed by atoms with Gasteiger partial charge in [0, 0.05) is 49.2 Å². The van der Waals surface area contributed by atoms with E-state index >= 15 is 0 Å². The average Bonchev–Trinajstić information content (AvgIpc) is 3.56. The summed E-state index contributed by atoms with van der Waals surface area (Å²) in [7, 11) is 1.44. The molecule has 2 unspecified atom stereocenters. The van der Waals surface area contributed by atoms with Crippen molar-refractivity contribution in [3.63, 3.8) is 0 Å². The Hall–Kier alpha value is -4.65. The lowest BCUT2D eigenvalue weighted by atomic mass is 10.2. The van der Waals surface area contributed by atoms with Crippen LogP contribution in [0.4, 0.5) is 22.1 Å². The number of amides is 4. The molecule has 4 aromatic rings. The van der Waals surface area contributed by atoms with Crippen molar-refractivity contribution in [3.05, 3.63) is 65.4 Å². The molecule has 0 aromatic carbocycles. The van der Waals surface area contributed by atoms with Gasteiger partial charge < -0.3 is 15.0 Å². The van der Waals surface area contributed by atoms with Gasteiger partial charge in [-0.2, -0.15) is 0 Å². The number of halogens is 1. The van der Waals surface area contributed by atoms with Gasteiger partial charge in [-0.1, -0.05) is 11.6 Å². The predicted molar refractivity (Wildman–Crippen MR) is 141 cm³/mol. The van der Waals surface area contributed by atoms with Crippen LogP contribution < -0.4 is 15.5 Å². The Labute approximate surface area is 227 Å². The molecule has 0 radical (unpaired) electrons. The summed E-state index contributed by atoms with van der Waals surface area (Å²) < 4.78 is 1.71. The lowest BCUT2D eigenvalue weighted by Gasteiger charge is -2.15. The lowest BCUT2D eigenvalue weighted by Crippen LogP contribution is -2.30. The number of imide groups is 1. The van der Waals surface area contributed by atoms with E-state index in [0.717, 1.165) is 10.6 Å². The van der Waals surface area contributed by atoms with E-state index in [1.54, 1.807) is 35.1 Å². The molecule has 13 nitrogen and oxygen atoms in total. The first-order valence-corrected chi connectivity index (χ1v) is 12.6. The van der Waals surface area contributed by atoms with Crippen molar-refractivity contribution in [1.29, 1.82) is 0 Å². The van der Waals surface area contributed by atoms with Crippen LogP contribution in [0.5, 0.6) is 0 Å². The highest BCUT2D eigenvalue weighted by molar-refractivity contribution is 6.31. The Kier molecular flexibility index (Phi) is 6.06. The second kappa shape index (κ2) is 9.58. The maximum absolute atomic E-state index is 12.7. The number of nitrogens with zero attached hydrogens (tertiary/aromatic N) is 8. The van der Waals surface area contributed by atoms with Crippen LogP contribution in [0.1, 0.15) is 29.6 Å². The number of hydrogen-bond acceptors (Lipinski definition) is 9. The summed E-state index contributed by atoms with van der Waals surface area (Å²) in [6.45, 7) is 2.11. The fourth-order valence-corrected chi connectivity index (χ4v) is 4.71. The summed E-state index contributed by atoms with van der Waals surface area (Å²) in [4.78, 5) is 61.5.